The van der Waals surface area contributed by atoms with Gasteiger partial charge in [-0.15, -0.1) is 5.10 Å². The van der Waals surface area contributed by atoms with E-state index in [-0.39, 0.29) is 11.5 Å². The molecule has 0 amide bonds. The fourth-order valence-electron chi connectivity index (χ4n) is 0.936. The predicted molar refractivity (Wildman–Crippen MR) is 54.5 cm³/mol. The van der Waals surface area contributed by atoms with E-state index in [4.69, 9.17) is 11.5 Å². The van der Waals surface area contributed by atoms with Gasteiger partial charge in [0.15, 0.2) is 0 Å². The Morgan fingerprint density at radius 2 is 1.93 bits per heavy atom. The highest BCUT2D eigenvalue weighted by Crippen LogP contribution is 2.12. The number of aryl methyl sites for hydroxylation is 1. The lowest BCUT2D eigenvalue weighted by Gasteiger charge is -1.99. The molecular weight excluding hydrogens is 202 g/mol. The van der Waals surface area contributed by atoms with E-state index in [1.165, 1.54) is 13.0 Å². The average Bonchev–Trinajstić information content (AvgIpc) is 2.13. The van der Waals surface area contributed by atoms with Crippen molar-refractivity contribution in [2.45, 2.75) is 6.92 Å². The molecule has 0 aliphatic rings. The molecule has 0 heterocycles. The van der Waals surface area contributed by atoms with E-state index in [1.807, 2.05) is 0 Å². The molecule has 0 atom stereocenters. The first kappa shape index (κ1) is 11.1. The maximum absolute atomic E-state index is 13.1. The lowest BCUT2D eigenvalue weighted by atomic mass is 10.1. The molecule has 0 aliphatic carbocycles. The van der Waals surface area contributed by atoms with E-state index >= 15 is 0 Å². The van der Waals surface area contributed by atoms with Gasteiger partial charge in [-0.1, -0.05) is 0 Å². The molecule has 0 saturated carbocycles. The van der Waals surface area contributed by atoms with E-state index in [1.54, 1.807) is 0 Å². The second-order valence-electron chi connectivity index (χ2n) is 2.89. The third kappa shape index (κ3) is 3.01. The zero-order chi connectivity index (χ0) is 11.4. The van der Waals surface area contributed by atoms with Crippen LogP contribution in [-0.2, 0) is 0 Å². The Balaban J connectivity index is 3.01. The van der Waals surface area contributed by atoms with E-state index in [9.17, 15) is 8.78 Å². The molecule has 0 aliphatic heterocycles. The van der Waals surface area contributed by atoms with Crippen LogP contribution in [0.25, 0.3) is 0 Å². The van der Waals surface area contributed by atoms with Crippen molar-refractivity contribution in [3.63, 3.8) is 0 Å². The number of halogens is 2. The summed E-state index contributed by atoms with van der Waals surface area (Å²) >= 11 is 0. The number of benzene rings is 1. The predicted octanol–water partition coefficient (Wildman–Crippen LogP) is 0.881. The molecule has 15 heavy (non-hydrogen) atoms. The van der Waals surface area contributed by atoms with Crippen molar-refractivity contribution in [2.75, 3.05) is 0 Å². The summed E-state index contributed by atoms with van der Waals surface area (Å²) < 4.78 is 26.0. The summed E-state index contributed by atoms with van der Waals surface area (Å²) in [6, 6.07) is 2.10. The molecule has 1 aromatic carbocycles. The van der Waals surface area contributed by atoms with Crippen LogP contribution >= 0.6 is 0 Å². The Labute approximate surface area is 85.3 Å². The zero-order valence-corrected chi connectivity index (χ0v) is 8.04. The van der Waals surface area contributed by atoms with Crippen molar-refractivity contribution in [2.24, 2.45) is 21.7 Å². The fraction of sp³-hybridized carbons (Fsp3) is 0.111. The van der Waals surface area contributed by atoms with Crippen molar-refractivity contribution < 1.29 is 8.78 Å². The van der Waals surface area contributed by atoms with Crippen LogP contribution in [-0.4, -0.2) is 12.2 Å². The molecule has 0 radical (unpaired) electrons. The summed E-state index contributed by atoms with van der Waals surface area (Å²) in [5.74, 6) is -1.55. The number of rotatable bonds is 2. The first-order valence-electron chi connectivity index (χ1n) is 4.08. The van der Waals surface area contributed by atoms with Gasteiger partial charge in [0.2, 0.25) is 5.96 Å². The molecule has 0 spiro atoms. The molecule has 0 unspecified atom stereocenters. The molecule has 1 rings (SSSR count). The molecule has 1 aromatic rings. The number of nitrogens with zero attached hydrogens (tertiary/aromatic N) is 2. The first-order valence-corrected chi connectivity index (χ1v) is 4.08. The molecule has 4 nitrogen and oxygen atoms in total. The topological polar surface area (TPSA) is 76.8 Å². The highest BCUT2D eigenvalue weighted by Gasteiger charge is 2.04. The zero-order valence-electron chi connectivity index (χ0n) is 8.04. The molecular formula is C9H10F2N4. The van der Waals surface area contributed by atoms with Gasteiger partial charge in [0.25, 0.3) is 0 Å². The van der Waals surface area contributed by atoms with Crippen LogP contribution in [0.15, 0.2) is 22.3 Å². The number of hydrogen-bond acceptors (Lipinski definition) is 2. The summed E-state index contributed by atoms with van der Waals surface area (Å²) in [7, 11) is 0. The molecule has 80 valence electrons. The van der Waals surface area contributed by atoms with Crippen LogP contribution < -0.4 is 11.5 Å². The Morgan fingerprint density at radius 3 is 2.53 bits per heavy atom. The highest BCUT2D eigenvalue weighted by molar-refractivity contribution is 5.82. The summed E-state index contributed by atoms with van der Waals surface area (Å²) in [6.07, 6.45) is 1.11. The van der Waals surface area contributed by atoms with Crippen LogP contribution in [0.4, 0.5) is 8.78 Å². The SMILES string of the molecule is Cc1cc(C=NN=C(N)N)c(F)cc1F. The van der Waals surface area contributed by atoms with E-state index < -0.39 is 11.6 Å². The van der Waals surface area contributed by atoms with Gasteiger partial charge in [0.1, 0.15) is 11.6 Å². The Bertz CT molecular complexity index is 422. The number of nitrogens with two attached hydrogens (primary N) is 2. The second kappa shape index (κ2) is 4.50. The molecule has 0 fully saturated rings. The van der Waals surface area contributed by atoms with Crippen LogP contribution in [0.2, 0.25) is 0 Å². The van der Waals surface area contributed by atoms with E-state index in [2.05, 4.69) is 10.2 Å². The summed E-state index contributed by atoms with van der Waals surface area (Å²) in [6.45, 7) is 1.52. The average molecular weight is 212 g/mol. The van der Waals surface area contributed by atoms with Gasteiger partial charge in [0.05, 0.1) is 6.21 Å². The minimum Gasteiger partial charge on any atom is -0.369 e. The summed E-state index contributed by atoms with van der Waals surface area (Å²) in [5, 5.41) is 6.72. The van der Waals surface area contributed by atoms with Gasteiger partial charge >= 0.3 is 0 Å². The standard InChI is InChI=1S/C9H10F2N4/c1-5-2-6(4-14-15-9(12)13)8(11)3-7(5)10/h2-4H,1H3,(H4,12,13,15). The third-order valence-corrected chi connectivity index (χ3v) is 1.65. The third-order valence-electron chi connectivity index (χ3n) is 1.65. The lowest BCUT2D eigenvalue weighted by molar-refractivity contribution is 0.576. The molecule has 6 heteroatoms. The van der Waals surface area contributed by atoms with Gasteiger partial charge in [-0.25, -0.2) is 8.78 Å². The lowest BCUT2D eigenvalue weighted by Crippen LogP contribution is -2.21. The van der Waals surface area contributed by atoms with E-state index in [0.29, 0.717) is 5.56 Å². The monoisotopic (exact) mass is 212 g/mol. The van der Waals surface area contributed by atoms with Crippen LogP contribution in [0.5, 0.6) is 0 Å². The second-order valence-corrected chi connectivity index (χ2v) is 2.89. The quantitative estimate of drug-likeness (QED) is 0.433. The maximum Gasteiger partial charge on any atom is 0.211 e. The minimum atomic E-state index is -0.715. The van der Waals surface area contributed by atoms with Gasteiger partial charge in [0, 0.05) is 11.6 Å². The van der Waals surface area contributed by atoms with Crippen LogP contribution in [0.1, 0.15) is 11.1 Å². The van der Waals surface area contributed by atoms with Crippen molar-refractivity contribution in [1.29, 1.82) is 0 Å². The smallest absolute Gasteiger partial charge is 0.211 e. The maximum atomic E-state index is 13.1. The number of guanidine groups is 1. The van der Waals surface area contributed by atoms with Crippen LogP contribution in [0.3, 0.4) is 0 Å². The van der Waals surface area contributed by atoms with Crippen molar-refractivity contribution in [3.8, 4) is 0 Å². The normalized spacial score (nSPS) is 10.6. The largest absolute Gasteiger partial charge is 0.369 e. The highest BCUT2D eigenvalue weighted by atomic mass is 19.1. The molecule has 0 aromatic heterocycles. The van der Waals surface area contributed by atoms with E-state index in [0.717, 1.165) is 12.3 Å². The molecule has 0 saturated heterocycles. The minimum absolute atomic E-state index is 0.124. The summed E-state index contributed by atoms with van der Waals surface area (Å²) in [5.41, 5.74) is 10.5. The van der Waals surface area contributed by atoms with Gasteiger partial charge in [-0.2, -0.15) is 5.10 Å². The number of hydrogen-bond donors (Lipinski definition) is 2. The molecule has 0 bridgehead atoms. The van der Waals surface area contributed by atoms with Gasteiger partial charge < -0.3 is 11.5 Å². The Hall–Kier alpha value is -1.98. The van der Waals surface area contributed by atoms with Gasteiger partial charge in [-0.05, 0) is 18.6 Å². The Morgan fingerprint density at radius 1 is 1.27 bits per heavy atom. The van der Waals surface area contributed by atoms with Crippen LogP contribution in [0, 0.1) is 18.6 Å². The van der Waals surface area contributed by atoms with Gasteiger partial charge in [-0.3, -0.25) is 0 Å². The molecule has 4 N–H and O–H groups in total. The summed E-state index contributed by atoms with van der Waals surface area (Å²) in [4.78, 5) is 0. The van der Waals surface area contributed by atoms with Crippen molar-refractivity contribution in [1.82, 2.24) is 0 Å². The fourth-order valence-corrected chi connectivity index (χ4v) is 0.936. The van der Waals surface area contributed by atoms with Crippen molar-refractivity contribution >= 4 is 12.2 Å². The van der Waals surface area contributed by atoms with Crippen molar-refractivity contribution in [3.05, 3.63) is 34.9 Å². The first-order chi connectivity index (χ1) is 7.00. The Kier molecular flexibility index (Phi) is 3.33.